The van der Waals surface area contributed by atoms with Crippen molar-refractivity contribution in [3.05, 3.63) is 77.4 Å². The lowest BCUT2D eigenvalue weighted by Gasteiger charge is -2.38. The summed E-state index contributed by atoms with van der Waals surface area (Å²) in [4.78, 5) is 2.02. The van der Waals surface area contributed by atoms with Crippen LogP contribution in [0.1, 0.15) is 37.4 Å². The maximum absolute atomic E-state index is 13.7. The number of aromatic nitrogens is 2. The van der Waals surface area contributed by atoms with E-state index in [-0.39, 0.29) is 23.8 Å². The molecule has 5 rings (SSSR count). The van der Waals surface area contributed by atoms with Crippen LogP contribution in [0.25, 0.3) is 11.8 Å². The average Bonchev–Trinajstić information content (AvgIpc) is 3.54. The van der Waals surface area contributed by atoms with E-state index >= 15 is 0 Å². The Labute approximate surface area is 228 Å². The van der Waals surface area contributed by atoms with Crippen LogP contribution in [0.2, 0.25) is 0 Å². The first kappa shape index (κ1) is 27.5. The van der Waals surface area contributed by atoms with Crippen LogP contribution in [0.3, 0.4) is 0 Å². The van der Waals surface area contributed by atoms with E-state index in [2.05, 4.69) is 22.8 Å². The number of hydrogen-bond donors (Lipinski definition) is 1. The molecule has 0 radical (unpaired) electrons. The Morgan fingerprint density at radius 2 is 1.97 bits per heavy atom. The topological polar surface area (TPSA) is 76.5 Å². The van der Waals surface area contributed by atoms with E-state index in [1.54, 1.807) is 48.3 Å². The molecule has 2 atom stereocenters. The van der Waals surface area contributed by atoms with E-state index in [0.29, 0.717) is 31.7 Å². The second kappa shape index (κ2) is 11.2. The quantitative estimate of drug-likeness (QED) is 0.384. The smallest absolute Gasteiger partial charge is 0.240 e. The zero-order chi connectivity index (χ0) is 27.6. The lowest BCUT2D eigenvalue weighted by atomic mass is 9.71. The fourth-order valence-electron chi connectivity index (χ4n) is 5.64. The van der Waals surface area contributed by atoms with Gasteiger partial charge in [0.05, 0.1) is 29.1 Å². The fraction of sp³-hybridized carbons (Fsp3) is 0.414. The van der Waals surface area contributed by atoms with Gasteiger partial charge in [-0.1, -0.05) is 25.0 Å². The van der Waals surface area contributed by atoms with Crippen molar-refractivity contribution in [2.24, 2.45) is 5.41 Å². The summed E-state index contributed by atoms with van der Waals surface area (Å²) in [5.74, 6) is -0.314. The van der Waals surface area contributed by atoms with Crippen molar-refractivity contribution in [1.82, 2.24) is 14.5 Å². The molecule has 3 aromatic rings. The molecule has 1 fully saturated rings. The Bertz CT molecular complexity index is 1460. The summed E-state index contributed by atoms with van der Waals surface area (Å²) in [7, 11) is -2.23. The van der Waals surface area contributed by atoms with Gasteiger partial charge in [0, 0.05) is 37.8 Å². The molecule has 208 valence electrons. The van der Waals surface area contributed by atoms with Crippen LogP contribution >= 0.6 is 0 Å². The Kier molecular flexibility index (Phi) is 7.89. The molecular weight excluding hydrogens is 522 g/mol. The van der Waals surface area contributed by atoms with Gasteiger partial charge in [0.2, 0.25) is 10.0 Å². The molecular formula is C29H34F2N4O3S. The van der Waals surface area contributed by atoms with Crippen LogP contribution < -0.4 is 9.62 Å². The lowest BCUT2D eigenvalue weighted by molar-refractivity contribution is 0.103. The minimum Gasteiger partial charge on any atom is -0.384 e. The van der Waals surface area contributed by atoms with Crippen molar-refractivity contribution in [3.8, 4) is 5.69 Å². The number of sulfonamides is 1. The molecule has 1 unspecified atom stereocenters. The van der Waals surface area contributed by atoms with E-state index in [1.807, 2.05) is 11.0 Å². The highest BCUT2D eigenvalue weighted by Gasteiger charge is 2.40. The van der Waals surface area contributed by atoms with Crippen molar-refractivity contribution in [2.75, 3.05) is 38.3 Å². The van der Waals surface area contributed by atoms with Gasteiger partial charge in [-0.3, -0.25) is 0 Å². The number of rotatable bonds is 10. The van der Waals surface area contributed by atoms with Crippen LogP contribution in [0.5, 0.6) is 0 Å². The van der Waals surface area contributed by atoms with Gasteiger partial charge in [-0.25, -0.2) is 26.6 Å². The number of methoxy groups -OCH3 is 1. The number of nitrogens with one attached hydrogen (secondary N) is 1. The summed E-state index contributed by atoms with van der Waals surface area (Å²) < 4.78 is 64.5. The lowest BCUT2D eigenvalue weighted by Crippen LogP contribution is -2.44. The molecule has 39 heavy (non-hydrogen) atoms. The third kappa shape index (κ3) is 5.64. The molecule has 0 saturated carbocycles. The van der Waals surface area contributed by atoms with Crippen LogP contribution in [0.4, 0.5) is 14.5 Å². The average molecular weight is 557 g/mol. The molecule has 0 amide bonds. The summed E-state index contributed by atoms with van der Waals surface area (Å²) in [6.07, 6.45) is 5.58. The van der Waals surface area contributed by atoms with Crippen molar-refractivity contribution < 1.29 is 21.9 Å². The number of ether oxygens (including phenoxy) is 1. The molecule has 0 bridgehead atoms. The van der Waals surface area contributed by atoms with Crippen molar-refractivity contribution >= 4 is 21.8 Å². The molecule has 1 aliphatic carbocycles. The minimum absolute atomic E-state index is 0.149. The summed E-state index contributed by atoms with van der Waals surface area (Å²) in [5, 5.41) is 4.57. The molecule has 0 spiro atoms. The van der Waals surface area contributed by atoms with Gasteiger partial charge in [-0.15, -0.1) is 0 Å². The van der Waals surface area contributed by atoms with Gasteiger partial charge in [0.1, 0.15) is 12.0 Å². The number of benzene rings is 2. The highest BCUT2D eigenvalue weighted by atomic mass is 32.2. The van der Waals surface area contributed by atoms with Gasteiger partial charge in [0.15, 0.2) is 0 Å². The van der Waals surface area contributed by atoms with Crippen LogP contribution in [0.15, 0.2) is 65.2 Å². The maximum atomic E-state index is 13.7. The Balaban J connectivity index is 1.43. The summed E-state index contributed by atoms with van der Waals surface area (Å²) in [6, 6.07) is 12.9. The molecule has 2 heterocycles. The molecule has 1 N–H and O–H groups in total. The Hall–Kier alpha value is -3.08. The van der Waals surface area contributed by atoms with Crippen molar-refractivity contribution in [1.29, 1.82) is 0 Å². The molecule has 1 saturated heterocycles. The number of halogens is 2. The third-order valence-electron chi connectivity index (χ3n) is 7.64. The predicted molar refractivity (Wildman–Crippen MR) is 148 cm³/mol. The van der Waals surface area contributed by atoms with Gasteiger partial charge in [0.25, 0.3) is 0 Å². The van der Waals surface area contributed by atoms with E-state index < -0.39 is 21.6 Å². The molecule has 7 nitrogen and oxygen atoms in total. The standard InChI is InChI=1S/C29H34F2N4O3S/c1-3-5-22-14-28-21(17-32-35(28)25-10-8-23(30)9-11-25)16-29(22,20-38-2)19-33-39(36,37)27-7-4-6-26(15-27)34-13-12-24(31)18-34/h4,6-11,14-15,17,24,33H,3,5,12-13,16,18-20H2,1-2H3/t24-,29?/m0/s1. The SMILES string of the molecule is CCCC1=Cc2c(cnn2-c2ccc(F)cc2)CC1(CNS(=O)(=O)c1cccc(N2CC[C@H](F)C2)c1)COC. The number of hydrogen-bond acceptors (Lipinski definition) is 5. The highest BCUT2D eigenvalue weighted by Crippen LogP contribution is 2.42. The molecule has 2 aromatic carbocycles. The van der Waals surface area contributed by atoms with Crippen LogP contribution in [-0.2, 0) is 21.2 Å². The largest absolute Gasteiger partial charge is 0.384 e. The summed E-state index contributed by atoms with van der Waals surface area (Å²) >= 11 is 0. The number of fused-ring (bicyclic) bond motifs is 1. The Morgan fingerprint density at radius 3 is 2.67 bits per heavy atom. The van der Waals surface area contributed by atoms with E-state index in [4.69, 9.17) is 4.74 Å². The first-order valence-corrected chi connectivity index (χ1v) is 14.7. The van der Waals surface area contributed by atoms with Crippen LogP contribution in [0, 0.1) is 11.2 Å². The van der Waals surface area contributed by atoms with E-state index in [0.717, 1.165) is 35.4 Å². The first-order valence-electron chi connectivity index (χ1n) is 13.3. The van der Waals surface area contributed by atoms with E-state index in [9.17, 15) is 17.2 Å². The molecule has 1 aliphatic heterocycles. The van der Waals surface area contributed by atoms with Crippen LogP contribution in [-0.4, -0.2) is 57.7 Å². The molecule has 2 aliphatic rings. The monoisotopic (exact) mass is 556 g/mol. The third-order valence-corrected chi connectivity index (χ3v) is 9.04. The van der Waals surface area contributed by atoms with Gasteiger partial charge >= 0.3 is 0 Å². The second-order valence-electron chi connectivity index (χ2n) is 10.4. The zero-order valence-corrected chi connectivity index (χ0v) is 23.1. The maximum Gasteiger partial charge on any atom is 0.240 e. The zero-order valence-electron chi connectivity index (χ0n) is 22.2. The van der Waals surface area contributed by atoms with E-state index in [1.165, 1.54) is 12.1 Å². The molecule has 1 aromatic heterocycles. The van der Waals surface area contributed by atoms with Gasteiger partial charge < -0.3 is 9.64 Å². The highest BCUT2D eigenvalue weighted by molar-refractivity contribution is 7.89. The normalized spacial score (nSPS) is 21.2. The fourth-order valence-corrected chi connectivity index (χ4v) is 6.80. The molecule has 10 heteroatoms. The number of nitrogens with zero attached hydrogens (tertiary/aromatic N) is 3. The van der Waals surface area contributed by atoms with Crippen molar-refractivity contribution in [3.63, 3.8) is 0 Å². The summed E-state index contributed by atoms with van der Waals surface area (Å²) in [6.45, 7) is 3.40. The number of anilines is 1. The second-order valence-corrected chi connectivity index (χ2v) is 12.2. The van der Waals surface area contributed by atoms with Gasteiger partial charge in [-0.05, 0) is 73.4 Å². The van der Waals surface area contributed by atoms with Crippen molar-refractivity contribution in [2.45, 2.75) is 43.7 Å². The number of alkyl halides is 1. The minimum atomic E-state index is -3.85. The first-order chi connectivity index (χ1) is 18.7. The summed E-state index contributed by atoms with van der Waals surface area (Å²) in [5.41, 5.74) is 3.80. The predicted octanol–water partition coefficient (Wildman–Crippen LogP) is 4.91. The van der Waals surface area contributed by atoms with Gasteiger partial charge in [-0.2, -0.15) is 5.10 Å². The Morgan fingerprint density at radius 1 is 1.18 bits per heavy atom.